The maximum absolute atomic E-state index is 11.1. The maximum Gasteiger partial charge on any atom is 0.310 e. The molecule has 0 N–H and O–H groups in total. The molecule has 31 heavy (non-hydrogen) atoms. The Morgan fingerprint density at radius 2 is 1.74 bits per heavy atom. The van der Waals surface area contributed by atoms with Crippen LogP contribution >= 0.6 is 11.8 Å². The summed E-state index contributed by atoms with van der Waals surface area (Å²) in [5, 5.41) is 20.9. The van der Waals surface area contributed by atoms with Gasteiger partial charge in [0.2, 0.25) is 0 Å². The summed E-state index contributed by atoms with van der Waals surface area (Å²) >= 11 is 1.55. The van der Waals surface area contributed by atoms with Crippen LogP contribution in [0.1, 0.15) is 24.2 Å². The van der Waals surface area contributed by atoms with E-state index in [-0.39, 0.29) is 11.4 Å². The molecule has 1 fully saturated rings. The van der Waals surface area contributed by atoms with Gasteiger partial charge in [0.15, 0.2) is 10.9 Å². The zero-order valence-electron chi connectivity index (χ0n) is 17.2. The highest BCUT2D eigenvalue weighted by molar-refractivity contribution is 7.99. The molecule has 0 spiro atoms. The van der Waals surface area contributed by atoms with E-state index in [9.17, 15) is 10.1 Å². The Morgan fingerprint density at radius 1 is 1.00 bits per heavy atom. The van der Waals surface area contributed by atoms with Crippen LogP contribution in [-0.4, -0.2) is 50.0 Å². The third kappa shape index (κ3) is 5.62. The normalized spacial score (nSPS) is 14.1. The maximum atomic E-state index is 11.1. The van der Waals surface area contributed by atoms with E-state index < -0.39 is 4.92 Å². The fourth-order valence-electron chi connectivity index (χ4n) is 3.62. The number of rotatable bonds is 10. The van der Waals surface area contributed by atoms with Gasteiger partial charge in [0.05, 0.1) is 24.6 Å². The van der Waals surface area contributed by atoms with Gasteiger partial charge in [0, 0.05) is 11.8 Å². The summed E-state index contributed by atoms with van der Waals surface area (Å²) in [6, 6.07) is 16.7. The van der Waals surface area contributed by atoms with Gasteiger partial charge in [-0.3, -0.25) is 15.0 Å². The number of hydrogen-bond donors (Lipinski definition) is 0. The van der Waals surface area contributed by atoms with Crippen LogP contribution in [0.3, 0.4) is 0 Å². The summed E-state index contributed by atoms with van der Waals surface area (Å²) in [5.41, 5.74) is 1.18. The summed E-state index contributed by atoms with van der Waals surface area (Å²) in [7, 11) is 0. The predicted octanol–water partition coefficient (Wildman–Crippen LogP) is 4.00. The fraction of sp³-hybridized carbons (Fsp3) is 0.364. The molecule has 0 aliphatic carbocycles. The second kappa shape index (κ2) is 10.4. The number of benzene rings is 2. The zero-order chi connectivity index (χ0) is 21.5. The van der Waals surface area contributed by atoms with E-state index in [1.165, 1.54) is 24.5 Å². The Bertz CT molecular complexity index is 1010. The summed E-state index contributed by atoms with van der Waals surface area (Å²) < 4.78 is 7.83. The molecule has 4 rings (SSSR count). The summed E-state index contributed by atoms with van der Waals surface area (Å²) in [5.74, 6) is 1.87. The first-order valence-electron chi connectivity index (χ1n) is 10.4. The van der Waals surface area contributed by atoms with Gasteiger partial charge in [-0.15, -0.1) is 10.2 Å². The second-order valence-electron chi connectivity index (χ2n) is 7.38. The molecule has 1 aliphatic heterocycles. The number of thioether (sulfide) groups is 1. The molecule has 1 saturated heterocycles. The van der Waals surface area contributed by atoms with Crippen LogP contribution < -0.4 is 4.74 Å². The minimum atomic E-state index is -0.427. The van der Waals surface area contributed by atoms with E-state index in [1.807, 2.05) is 18.2 Å². The lowest BCUT2D eigenvalue weighted by Gasteiger charge is -2.16. The molecule has 9 heteroatoms. The van der Waals surface area contributed by atoms with Crippen molar-refractivity contribution in [1.82, 2.24) is 19.7 Å². The van der Waals surface area contributed by atoms with Gasteiger partial charge in [-0.2, -0.15) is 0 Å². The fourth-order valence-corrected chi connectivity index (χ4v) is 4.40. The molecule has 162 valence electrons. The highest BCUT2D eigenvalue weighted by atomic mass is 32.2. The predicted molar refractivity (Wildman–Crippen MR) is 119 cm³/mol. The van der Waals surface area contributed by atoms with Gasteiger partial charge < -0.3 is 9.30 Å². The van der Waals surface area contributed by atoms with Gasteiger partial charge in [-0.05, 0) is 37.6 Å². The lowest BCUT2D eigenvalue weighted by atomic mass is 10.2. The number of likely N-dealkylation sites (tertiary alicyclic amines) is 1. The molecule has 8 nitrogen and oxygen atoms in total. The Kier molecular flexibility index (Phi) is 7.16. The summed E-state index contributed by atoms with van der Waals surface area (Å²) in [6.07, 6.45) is 2.47. The standard InChI is InChI=1S/C22H25N5O3S/c28-27(29)19-10-4-5-11-20(19)30-14-15-31-22-24-23-21(17-25-12-6-7-13-25)26(22)16-18-8-2-1-3-9-18/h1-5,8-11H,6-7,12-17H2. The molecule has 1 aliphatic rings. The summed E-state index contributed by atoms with van der Waals surface area (Å²) in [4.78, 5) is 13.1. The van der Waals surface area contributed by atoms with Gasteiger partial charge in [-0.1, -0.05) is 54.2 Å². The minimum absolute atomic E-state index is 0.0207. The number of nitro groups is 1. The van der Waals surface area contributed by atoms with Gasteiger partial charge in [0.1, 0.15) is 5.82 Å². The number of nitro benzene ring substituents is 1. The first kappa shape index (κ1) is 21.3. The van der Waals surface area contributed by atoms with Gasteiger partial charge in [0.25, 0.3) is 0 Å². The Balaban J connectivity index is 1.42. The number of ether oxygens (including phenoxy) is 1. The van der Waals surface area contributed by atoms with Crippen LogP contribution in [0.4, 0.5) is 5.69 Å². The molecular formula is C22H25N5O3S. The van der Waals surface area contributed by atoms with Crippen LogP contribution in [0.2, 0.25) is 0 Å². The molecule has 2 heterocycles. The van der Waals surface area contributed by atoms with Crippen molar-refractivity contribution in [2.75, 3.05) is 25.4 Å². The van der Waals surface area contributed by atoms with Crippen LogP contribution in [-0.2, 0) is 13.1 Å². The number of aromatic nitrogens is 3. The summed E-state index contributed by atoms with van der Waals surface area (Å²) in [6.45, 7) is 4.06. The van der Waals surface area contributed by atoms with Crippen molar-refractivity contribution in [2.24, 2.45) is 0 Å². The molecule has 0 amide bonds. The molecule has 2 aromatic carbocycles. The number of nitrogens with zero attached hydrogens (tertiary/aromatic N) is 5. The van der Waals surface area contributed by atoms with Crippen molar-refractivity contribution >= 4 is 17.4 Å². The Hall–Kier alpha value is -2.91. The quantitative estimate of drug-likeness (QED) is 0.204. The van der Waals surface area contributed by atoms with Gasteiger partial charge in [-0.25, -0.2) is 0 Å². The van der Waals surface area contributed by atoms with E-state index >= 15 is 0 Å². The Morgan fingerprint density at radius 3 is 2.52 bits per heavy atom. The van der Waals surface area contributed by atoms with Crippen molar-refractivity contribution in [3.8, 4) is 5.75 Å². The highest BCUT2D eigenvalue weighted by Gasteiger charge is 2.19. The first-order chi connectivity index (χ1) is 15.2. The van der Waals surface area contributed by atoms with E-state index in [0.717, 1.165) is 30.6 Å². The third-order valence-corrected chi connectivity index (χ3v) is 6.11. The molecule has 0 unspecified atom stereocenters. The van der Waals surface area contributed by atoms with Crippen molar-refractivity contribution in [2.45, 2.75) is 31.1 Å². The number of hydrogen-bond acceptors (Lipinski definition) is 7. The molecule has 0 bridgehead atoms. The monoisotopic (exact) mass is 439 g/mol. The lowest BCUT2D eigenvalue weighted by Crippen LogP contribution is -2.21. The largest absolute Gasteiger partial charge is 0.486 e. The third-order valence-electron chi connectivity index (χ3n) is 5.17. The highest BCUT2D eigenvalue weighted by Crippen LogP contribution is 2.26. The molecule has 0 saturated carbocycles. The van der Waals surface area contributed by atoms with Crippen molar-refractivity contribution in [1.29, 1.82) is 0 Å². The number of para-hydroxylation sites is 2. The molecule has 1 aromatic heterocycles. The smallest absolute Gasteiger partial charge is 0.310 e. The van der Waals surface area contributed by atoms with Crippen molar-refractivity contribution in [3.05, 3.63) is 76.1 Å². The average Bonchev–Trinajstić information content (AvgIpc) is 3.43. The second-order valence-corrected chi connectivity index (χ2v) is 8.44. The SMILES string of the molecule is O=[N+]([O-])c1ccccc1OCCSc1nnc(CN2CCCC2)n1Cc1ccccc1. The molecule has 0 radical (unpaired) electrons. The van der Waals surface area contributed by atoms with Crippen molar-refractivity contribution in [3.63, 3.8) is 0 Å². The van der Waals surface area contributed by atoms with E-state index in [2.05, 4.69) is 31.8 Å². The Labute approximate surface area is 185 Å². The zero-order valence-corrected chi connectivity index (χ0v) is 18.0. The topological polar surface area (TPSA) is 86.3 Å². The average molecular weight is 440 g/mol. The minimum Gasteiger partial charge on any atom is -0.486 e. The van der Waals surface area contributed by atoms with E-state index in [1.54, 1.807) is 30.0 Å². The van der Waals surface area contributed by atoms with E-state index in [0.29, 0.717) is 18.9 Å². The van der Waals surface area contributed by atoms with Crippen molar-refractivity contribution < 1.29 is 9.66 Å². The van der Waals surface area contributed by atoms with Gasteiger partial charge >= 0.3 is 5.69 Å². The lowest BCUT2D eigenvalue weighted by molar-refractivity contribution is -0.385. The van der Waals surface area contributed by atoms with Crippen LogP contribution in [0.15, 0.2) is 59.8 Å². The molecule has 3 aromatic rings. The molecular weight excluding hydrogens is 414 g/mol. The van der Waals surface area contributed by atoms with E-state index in [4.69, 9.17) is 4.74 Å². The molecule has 0 atom stereocenters. The first-order valence-corrected chi connectivity index (χ1v) is 11.4. The van der Waals surface area contributed by atoms with Crippen LogP contribution in [0.5, 0.6) is 5.75 Å². The van der Waals surface area contributed by atoms with Crippen LogP contribution in [0, 0.1) is 10.1 Å². The van der Waals surface area contributed by atoms with Crippen LogP contribution in [0.25, 0.3) is 0 Å².